The topological polar surface area (TPSA) is 79.3 Å². The van der Waals surface area contributed by atoms with Crippen molar-refractivity contribution in [1.82, 2.24) is 10.3 Å². The number of carbonyl (C=O) groups excluding carboxylic acids is 1. The minimum atomic E-state index is -0.875. The number of nitrogens with one attached hydrogen (secondary N) is 1. The summed E-state index contributed by atoms with van der Waals surface area (Å²) in [6.07, 6.45) is 1.16. The van der Waals surface area contributed by atoms with Crippen molar-refractivity contribution in [2.24, 2.45) is 11.8 Å². The Kier molecular flexibility index (Phi) is 4.13. The van der Waals surface area contributed by atoms with Crippen LogP contribution in [0, 0.1) is 11.8 Å². The van der Waals surface area contributed by atoms with Gasteiger partial charge in [0.05, 0.1) is 22.5 Å². The fraction of sp³-hybridized carbons (Fsp3) is 0.643. The van der Waals surface area contributed by atoms with Crippen molar-refractivity contribution in [2.75, 3.05) is 6.54 Å². The summed E-state index contributed by atoms with van der Waals surface area (Å²) in [7, 11) is 0. The molecule has 1 aromatic rings. The number of aliphatic carboxylic acids is 1. The van der Waals surface area contributed by atoms with E-state index in [4.69, 9.17) is 5.11 Å². The number of rotatable bonds is 5. The molecule has 0 saturated heterocycles. The van der Waals surface area contributed by atoms with Crippen LogP contribution in [0.4, 0.5) is 0 Å². The van der Waals surface area contributed by atoms with E-state index in [-0.39, 0.29) is 17.2 Å². The predicted octanol–water partition coefficient (Wildman–Crippen LogP) is 1.82. The highest BCUT2D eigenvalue weighted by molar-refractivity contribution is 7.09. The van der Waals surface area contributed by atoms with Crippen molar-refractivity contribution in [3.8, 4) is 0 Å². The van der Waals surface area contributed by atoms with Gasteiger partial charge in [0, 0.05) is 23.8 Å². The smallest absolute Gasteiger partial charge is 0.307 e. The molecule has 5 nitrogen and oxygen atoms in total. The molecule has 1 aromatic heterocycles. The first-order valence-electron chi connectivity index (χ1n) is 6.74. The largest absolute Gasteiger partial charge is 0.481 e. The van der Waals surface area contributed by atoms with Crippen LogP contribution in [0.25, 0.3) is 0 Å². The van der Waals surface area contributed by atoms with Crippen molar-refractivity contribution in [2.45, 2.75) is 39.0 Å². The van der Waals surface area contributed by atoms with Crippen LogP contribution in [0.2, 0.25) is 0 Å². The van der Waals surface area contributed by atoms with Crippen molar-refractivity contribution in [1.29, 1.82) is 0 Å². The van der Waals surface area contributed by atoms with Crippen LogP contribution < -0.4 is 5.32 Å². The summed E-state index contributed by atoms with van der Waals surface area (Å²) in [4.78, 5) is 26.9. The molecule has 0 bridgehead atoms. The van der Waals surface area contributed by atoms with Crippen LogP contribution in [-0.4, -0.2) is 28.5 Å². The van der Waals surface area contributed by atoms with E-state index in [2.05, 4.69) is 36.5 Å². The first-order valence-corrected chi connectivity index (χ1v) is 7.62. The molecule has 2 rings (SSSR count). The van der Waals surface area contributed by atoms with Gasteiger partial charge in [0.1, 0.15) is 0 Å². The molecule has 1 amide bonds. The van der Waals surface area contributed by atoms with Crippen molar-refractivity contribution in [3.05, 3.63) is 16.1 Å². The zero-order chi connectivity index (χ0) is 14.9. The second-order valence-electron chi connectivity index (χ2n) is 6.20. The molecule has 1 saturated carbocycles. The number of thiazole rings is 1. The zero-order valence-corrected chi connectivity index (χ0v) is 12.8. The van der Waals surface area contributed by atoms with E-state index in [1.807, 2.05) is 0 Å². The molecule has 20 heavy (non-hydrogen) atoms. The van der Waals surface area contributed by atoms with Crippen molar-refractivity contribution in [3.63, 3.8) is 0 Å². The number of hydrogen-bond acceptors (Lipinski definition) is 4. The second-order valence-corrected chi connectivity index (χ2v) is 7.15. The minimum Gasteiger partial charge on any atom is -0.481 e. The Labute approximate surface area is 122 Å². The average Bonchev–Trinajstić information content (AvgIpc) is 3.00. The fourth-order valence-electron chi connectivity index (χ4n) is 1.95. The van der Waals surface area contributed by atoms with Crippen LogP contribution in [0.5, 0.6) is 0 Å². The molecule has 2 N–H and O–H groups in total. The molecule has 0 aliphatic heterocycles. The van der Waals surface area contributed by atoms with E-state index in [1.54, 1.807) is 11.3 Å². The average molecular weight is 296 g/mol. The summed E-state index contributed by atoms with van der Waals surface area (Å²) >= 11 is 1.60. The van der Waals surface area contributed by atoms with Gasteiger partial charge in [0.2, 0.25) is 5.91 Å². The van der Waals surface area contributed by atoms with Gasteiger partial charge >= 0.3 is 5.97 Å². The SMILES string of the molecule is CC(C)(C)c1csc(CCNC(=O)[C@@H]2C[C@H]2C(=O)O)n1. The Morgan fingerprint density at radius 3 is 2.65 bits per heavy atom. The van der Waals surface area contributed by atoms with Gasteiger partial charge < -0.3 is 10.4 Å². The summed E-state index contributed by atoms with van der Waals surface area (Å²) in [5.74, 6) is -1.85. The third kappa shape index (κ3) is 3.56. The lowest BCUT2D eigenvalue weighted by atomic mass is 9.93. The molecular formula is C14H20N2O3S. The first kappa shape index (κ1) is 15.0. The summed E-state index contributed by atoms with van der Waals surface area (Å²) in [5, 5.41) is 14.6. The molecule has 1 fully saturated rings. The number of carbonyl (C=O) groups is 2. The third-order valence-corrected chi connectivity index (χ3v) is 4.31. The van der Waals surface area contributed by atoms with Gasteiger partial charge in [0.25, 0.3) is 0 Å². The molecule has 6 heteroatoms. The van der Waals surface area contributed by atoms with Crippen LogP contribution in [-0.2, 0) is 21.4 Å². The summed E-state index contributed by atoms with van der Waals surface area (Å²) in [6.45, 7) is 6.87. The van der Waals surface area contributed by atoms with E-state index in [9.17, 15) is 9.59 Å². The number of aromatic nitrogens is 1. The molecule has 110 valence electrons. The van der Waals surface area contributed by atoms with Gasteiger partial charge in [-0.25, -0.2) is 4.98 Å². The minimum absolute atomic E-state index is 0.0424. The normalized spacial score (nSPS) is 21.6. The lowest BCUT2D eigenvalue weighted by molar-refractivity contribution is -0.140. The second kappa shape index (κ2) is 5.52. The standard InChI is InChI=1S/C14H20N2O3S/c1-14(2,3)10-7-20-11(16-10)4-5-15-12(17)8-6-9(8)13(18)19/h7-9H,4-6H2,1-3H3,(H,15,17)(H,18,19)/t8-,9-/m1/s1. The van der Waals surface area contributed by atoms with Gasteiger partial charge in [-0.1, -0.05) is 20.8 Å². The molecule has 0 aromatic carbocycles. The fourth-order valence-corrected chi connectivity index (χ4v) is 2.98. The van der Waals surface area contributed by atoms with E-state index in [0.717, 1.165) is 10.7 Å². The molecule has 0 spiro atoms. The summed E-state index contributed by atoms with van der Waals surface area (Å²) in [5.41, 5.74) is 1.11. The third-order valence-electron chi connectivity index (χ3n) is 3.40. The number of amides is 1. The van der Waals surface area contributed by atoms with Crippen LogP contribution in [0.1, 0.15) is 37.9 Å². The quantitative estimate of drug-likeness (QED) is 0.868. The predicted molar refractivity (Wildman–Crippen MR) is 76.8 cm³/mol. The Hall–Kier alpha value is -1.43. The number of hydrogen-bond donors (Lipinski definition) is 2. The monoisotopic (exact) mass is 296 g/mol. The van der Waals surface area contributed by atoms with E-state index in [1.165, 1.54) is 0 Å². The first-order chi connectivity index (χ1) is 9.29. The van der Waals surface area contributed by atoms with E-state index >= 15 is 0 Å². The van der Waals surface area contributed by atoms with Crippen LogP contribution >= 0.6 is 11.3 Å². The maximum Gasteiger partial charge on any atom is 0.307 e. The van der Waals surface area contributed by atoms with E-state index in [0.29, 0.717) is 19.4 Å². The summed E-state index contributed by atoms with van der Waals surface area (Å²) in [6, 6.07) is 0. The van der Waals surface area contributed by atoms with Gasteiger partial charge in [-0.2, -0.15) is 0 Å². The molecule has 2 atom stereocenters. The van der Waals surface area contributed by atoms with Gasteiger partial charge in [-0.3, -0.25) is 9.59 Å². The molecule has 1 aliphatic carbocycles. The highest BCUT2D eigenvalue weighted by atomic mass is 32.1. The lowest BCUT2D eigenvalue weighted by Gasteiger charge is -2.14. The Morgan fingerprint density at radius 2 is 2.15 bits per heavy atom. The Morgan fingerprint density at radius 1 is 1.45 bits per heavy atom. The summed E-state index contributed by atoms with van der Waals surface area (Å²) < 4.78 is 0. The molecular weight excluding hydrogens is 276 g/mol. The number of nitrogens with zero attached hydrogens (tertiary/aromatic N) is 1. The van der Waals surface area contributed by atoms with Crippen molar-refractivity contribution < 1.29 is 14.7 Å². The van der Waals surface area contributed by atoms with Gasteiger partial charge in [-0.15, -0.1) is 11.3 Å². The maximum absolute atomic E-state index is 11.7. The van der Waals surface area contributed by atoms with E-state index < -0.39 is 11.9 Å². The molecule has 0 radical (unpaired) electrons. The lowest BCUT2D eigenvalue weighted by Crippen LogP contribution is -2.28. The highest BCUT2D eigenvalue weighted by Crippen LogP contribution is 2.38. The van der Waals surface area contributed by atoms with Crippen LogP contribution in [0.3, 0.4) is 0 Å². The molecule has 0 unspecified atom stereocenters. The maximum atomic E-state index is 11.7. The van der Waals surface area contributed by atoms with Gasteiger partial charge in [-0.05, 0) is 6.42 Å². The molecule has 1 aliphatic rings. The van der Waals surface area contributed by atoms with Gasteiger partial charge in [0.15, 0.2) is 0 Å². The number of carboxylic acid groups (broad SMARTS) is 1. The number of carboxylic acids is 1. The molecule has 1 heterocycles. The Bertz CT molecular complexity index is 519. The highest BCUT2D eigenvalue weighted by Gasteiger charge is 2.48. The Balaban J connectivity index is 1.75. The zero-order valence-electron chi connectivity index (χ0n) is 12.0. The van der Waals surface area contributed by atoms with Crippen LogP contribution in [0.15, 0.2) is 5.38 Å². The van der Waals surface area contributed by atoms with Crippen molar-refractivity contribution >= 4 is 23.2 Å².